The highest BCUT2D eigenvalue weighted by Gasteiger charge is 2.20. The number of tetrazole rings is 1. The van der Waals surface area contributed by atoms with E-state index in [4.69, 9.17) is 0 Å². The molecule has 0 radical (unpaired) electrons. The zero-order chi connectivity index (χ0) is 14.2. The molecule has 0 aromatic carbocycles. The fourth-order valence-corrected chi connectivity index (χ4v) is 2.42. The number of nitrogens with zero attached hydrogens (tertiary/aromatic N) is 4. The van der Waals surface area contributed by atoms with Crippen molar-refractivity contribution in [3.63, 3.8) is 0 Å². The average molecular weight is 298 g/mol. The van der Waals surface area contributed by atoms with Crippen molar-refractivity contribution in [2.45, 2.75) is 50.4 Å². The number of amides is 1. The lowest BCUT2D eigenvalue weighted by molar-refractivity contribution is -0.118. The van der Waals surface area contributed by atoms with Crippen molar-refractivity contribution in [3.8, 4) is 0 Å². The van der Waals surface area contributed by atoms with Crippen molar-refractivity contribution < 1.29 is 4.79 Å². The molecule has 1 aliphatic rings. The lowest BCUT2D eigenvalue weighted by atomic mass is 10.3. The molecule has 0 saturated heterocycles. The van der Waals surface area contributed by atoms with Crippen LogP contribution in [0.4, 0.5) is 0 Å². The van der Waals surface area contributed by atoms with Crippen molar-refractivity contribution in [2.75, 3.05) is 18.8 Å². The summed E-state index contributed by atoms with van der Waals surface area (Å²) in [5, 5.41) is 18.6. The third-order valence-electron chi connectivity index (χ3n) is 3.02. The third-order valence-corrected chi connectivity index (χ3v) is 3.97. The number of carbonyl (C=O) groups excluding carboxylic acids is 1. The highest BCUT2D eigenvalue weighted by atomic mass is 32.2. The van der Waals surface area contributed by atoms with Crippen LogP contribution in [-0.2, 0) is 11.3 Å². The number of unbranched alkanes of at least 4 members (excludes halogenated alkanes) is 1. The molecule has 0 aliphatic heterocycles. The summed E-state index contributed by atoms with van der Waals surface area (Å²) in [5.41, 5.74) is 0. The fraction of sp³-hybridized carbons (Fsp3) is 0.833. The molecule has 20 heavy (non-hydrogen) atoms. The zero-order valence-corrected chi connectivity index (χ0v) is 12.7. The van der Waals surface area contributed by atoms with Crippen LogP contribution in [-0.4, -0.2) is 51.0 Å². The van der Waals surface area contributed by atoms with Gasteiger partial charge in [0.05, 0.1) is 12.3 Å². The second kappa shape index (κ2) is 8.21. The van der Waals surface area contributed by atoms with Crippen LogP contribution in [0, 0.1) is 0 Å². The zero-order valence-electron chi connectivity index (χ0n) is 11.8. The highest BCUT2D eigenvalue weighted by molar-refractivity contribution is 7.99. The van der Waals surface area contributed by atoms with E-state index >= 15 is 0 Å². The summed E-state index contributed by atoms with van der Waals surface area (Å²) in [6.45, 7) is 4.45. The molecule has 0 atom stereocenters. The van der Waals surface area contributed by atoms with Crippen molar-refractivity contribution >= 4 is 17.7 Å². The van der Waals surface area contributed by atoms with E-state index in [1.54, 1.807) is 4.68 Å². The molecule has 1 fully saturated rings. The molecule has 1 saturated carbocycles. The summed E-state index contributed by atoms with van der Waals surface area (Å²) < 4.78 is 1.75. The highest BCUT2D eigenvalue weighted by Crippen LogP contribution is 2.18. The molecule has 8 heteroatoms. The number of hydrogen-bond acceptors (Lipinski definition) is 6. The molecule has 0 unspecified atom stereocenters. The Kier molecular flexibility index (Phi) is 6.25. The number of nitrogens with one attached hydrogen (secondary N) is 2. The van der Waals surface area contributed by atoms with E-state index in [0.29, 0.717) is 17.0 Å². The van der Waals surface area contributed by atoms with Gasteiger partial charge in [0.15, 0.2) is 0 Å². The summed E-state index contributed by atoms with van der Waals surface area (Å²) >= 11 is 1.38. The molecule has 0 spiro atoms. The van der Waals surface area contributed by atoms with Crippen LogP contribution in [0.5, 0.6) is 0 Å². The van der Waals surface area contributed by atoms with Gasteiger partial charge >= 0.3 is 0 Å². The van der Waals surface area contributed by atoms with Crippen LogP contribution in [0.25, 0.3) is 0 Å². The van der Waals surface area contributed by atoms with Gasteiger partial charge in [-0.15, -0.1) is 5.10 Å². The summed E-state index contributed by atoms with van der Waals surface area (Å²) in [5.74, 6) is 0.397. The monoisotopic (exact) mass is 298 g/mol. The minimum atomic E-state index is 0.0362. The van der Waals surface area contributed by atoms with Gasteiger partial charge in [0.25, 0.3) is 0 Å². The van der Waals surface area contributed by atoms with Crippen molar-refractivity contribution in [2.24, 2.45) is 0 Å². The molecule has 1 aromatic heterocycles. The smallest absolute Gasteiger partial charge is 0.230 e. The summed E-state index contributed by atoms with van der Waals surface area (Å²) in [6.07, 6.45) is 4.64. The molecule has 0 bridgehead atoms. The van der Waals surface area contributed by atoms with Gasteiger partial charge in [0.2, 0.25) is 11.1 Å². The molecule has 2 rings (SSSR count). The fourth-order valence-electron chi connectivity index (χ4n) is 1.69. The van der Waals surface area contributed by atoms with Gasteiger partial charge in [0.1, 0.15) is 0 Å². The van der Waals surface area contributed by atoms with Crippen LogP contribution < -0.4 is 10.6 Å². The van der Waals surface area contributed by atoms with Crippen molar-refractivity contribution in [1.29, 1.82) is 0 Å². The Morgan fingerprint density at radius 2 is 2.30 bits per heavy atom. The van der Waals surface area contributed by atoms with E-state index in [2.05, 4.69) is 33.1 Å². The van der Waals surface area contributed by atoms with E-state index in [1.807, 2.05) is 0 Å². The van der Waals surface area contributed by atoms with Gasteiger partial charge in [0, 0.05) is 19.1 Å². The van der Waals surface area contributed by atoms with E-state index in [-0.39, 0.29) is 5.91 Å². The maximum atomic E-state index is 11.6. The lowest BCUT2D eigenvalue weighted by Gasteiger charge is -2.06. The lowest BCUT2D eigenvalue weighted by Crippen LogP contribution is -2.26. The quantitative estimate of drug-likeness (QED) is 0.481. The minimum absolute atomic E-state index is 0.0362. The molecule has 2 N–H and O–H groups in total. The Bertz CT molecular complexity index is 420. The maximum absolute atomic E-state index is 11.6. The normalized spacial score (nSPS) is 14.4. The second-order valence-corrected chi connectivity index (χ2v) is 5.85. The Morgan fingerprint density at radius 3 is 3.05 bits per heavy atom. The number of aromatic nitrogens is 4. The molecular weight excluding hydrogens is 276 g/mol. The van der Waals surface area contributed by atoms with Gasteiger partial charge in [-0.05, 0) is 29.7 Å². The maximum Gasteiger partial charge on any atom is 0.230 e. The Labute approximate surface area is 123 Å². The van der Waals surface area contributed by atoms with Gasteiger partial charge in [-0.2, -0.15) is 0 Å². The van der Waals surface area contributed by atoms with E-state index in [0.717, 1.165) is 32.5 Å². The topological polar surface area (TPSA) is 84.7 Å². The van der Waals surface area contributed by atoms with Crippen molar-refractivity contribution in [3.05, 3.63) is 0 Å². The van der Waals surface area contributed by atoms with Crippen LogP contribution in [0.1, 0.15) is 32.6 Å². The summed E-state index contributed by atoms with van der Waals surface area (Å²) in [7, 11) is 0. The van der Waals surface area contributed by atoms with Gasteiger partial charge < -0.3 is 10.6 Å². The largest absolute Gasteiger partial charge is 0.355 e. The van der Waals surface area contributed by atoms with Gasteiger partial charge in [-0.3, -0.25) is 4.79 Å². The van der Waals surface area contributed by atoms with E-state index < -0.39 is 0 Å². The number of rotatable bonds is 10. The molecule has 1 heterocycles. The molecule has 112 valence electrons. The van der Waals surface area contributed by atoms with Crippen LogP contribution in [0.2, 0.25) is 0 Å². The molecule has 1 amide bonds. The predicted octanol–water partition coefficient (Wildman–Crippen LogP) is 0.434. The SMILES string of the molecule is CCCCNC(=O)CSc1nnnn1CCNC1CC1. The van der Waals surface area contributed by atoms with Crippen LogP contribution in [0.3, 0.4) is 0 Å². The Balaban J connectivity index is 1.66. The predicted molar refractivity (Wildman–Crippen MR) is 77.5 cm³/mol. The van der Waals surface area contributed by atoms with E-state index in [9.17, 15) is 4.79 Å². The second-order valence-electron chi connectivity index (χ2n) is 4.91. The van der Waals surface area contributed by atoms with Crippen LogP contribution in [0.15, 0.2) is 5.16 Å². The van der Waals surface area contributed by atoms with Crippen LogP contribution >= 0.6 is 11.8 Å². The first kappa shape index (κ1) is 15.2. The van der Waals surface area contributed by atoms with Crippen molar-refractivity contribution in [1.82, 2.24) is 30.8 Å². The first-order chi connectivity index (χ1) is 9.79. The Morgan fingerprint density at radius 1 is 1.45 bits per heavy atom. The first-order valence-corrected chi connectivity index (χ1v) is 8.17. The third kappa shape index (κ3) is 5.46. The first-order valence-electron chi connectivity index (χ1n) is 7.18. The molecule has 1 aromatic rings. The van der Waals surface area contributed by atoms with Gasteiger partial charge in [-0.1, -0.05) is 25.1 Å². The van der Waals surface area contributed by atoms with Gasteiger partial charge in [-0.25, -0.2) is 4.68 Å². The Hall–Kier alpha value is -1.15. The van der Waals surface area contributed by atoms with E-state index in [1.165, 1.54) is 24.6 Å². The molecule has 7 nitrogen and oxygen atoms in total. The minimum Gasteiger partial charge on any atom is -0.355 e. The summed E-state index contributed by atoms with van der Waals surface area (Å²) in [6, 6.07) is 0.687. The molecular formula is C12H22N6OS. The number of thioether (sulfide) groups is 1. The number of hydrogen-bond donors (Lipinski definition) is 2. The molecule has 1 aliphatic carbocycles. The average Bonchev–Trinajstić information content (AvgIpc) is 3.15. The number of carbonyl (C=O) groups is 1. The summed E-state index contributed by atoms with van der Waals surface area (Å²) in [4.78, 5) is 11.6. The standard InChI is InChI=1S/C12H22N6OS/c1-2-3-6-14-11(19)9-20-12-15-16-17-18(12)8-7-13-10-4-5-10/h10,13H,2-9H2,1H3,(H,14,19).